The van der Waals surface area contributed by atoms with Crippen molar-refractivity contribution in [1.29, 1.82) is 0 Å². The van der Waals surface area contributed by atoms with Gasteiger partial charge in [0, 0.05) is 18.1 Å². The molecule has 0 aromatic heterocycles. The second kappa shape index (κ2) is 5.09. The van der Waals surface area contributed by atoms with Gasteiger partial charge in [0.1, 0.15) is 11.9 Å². The molecular formula is C13H17N3O4. The van der Waals surface area contributed by atoms with E-state index in [1.807, 2.05) is 0 Å². The van der Waals surface area contributed by atoms with Gasteiger partial charge in [-0.2, -0.15) is 0 Å². The number of hydrogen-bond acceptors (Lipinski definition) is 5. The quantitative estimate of drug-likeness (QED) is 0.629. The number of nitro groups is 1. The summed E-state index contributed by atoms with van der Waals surface area (Å²) in [4.78, 5) is 21.6. The van der Waals surface area contributed by atoms with Crippen LogP contribution in [0.15, 0.2) is 18.2 Å². The van der Waals surface area contributed by atoms with Crippen LogP contribution in [0.4, 0.5) is 5.69 Å². The van der Waals surface area contributed by atoms with Crippen LogP contribution in [0.5, 0.6) is 5.75 Å². The smallest absolute Gasteiger partial charge is 0.272 e. The Morgan fingerprint density at radius 3 is 2.75 bits per heavy atom. The van der Waals surface area contributed by atoms with Gasteiger partial charge in [0.05, 0.1) is 10.5 Å². The molecule has 0 aliphatic heterocycles. The average molecular weight is 279 g/mol. The maximum Gasteiger partial charge on any atom is 0.272 e. The second-order valence-electron chi connectivity index (χ2n) is 5.21. The zero-order chi connectivity index (χ0) is 14.9. The van der Waals surface area contributed by atoms with E-state index in [2.05, 4.69) is 0 Å². The van der Waals surface area contributed by atoms with E-state index in [0.717, 1.165) is 0 Å². The molecule has 20 heavy (non-hydrogen) atoms. The molecule has 108 valence electrons. The highest BCUT2D eigenvalue weighted by atomic mass is 16.6. The van der Waals surface area contributed by atoms with Crippen molar-refractivity contribution in [2.75, 3.05) is 0 Å². The van der Waals surface area contributed by atoms with E-state index in [1.54, 1.807) is 19.1 Å². The number of nitrogens with zero attached hydrogens (tertiary/aromatic N) is 1. The summed E-state index contributed by atoms with van der Waals surface area (Å²) in [6.07, 6.45) is 1.28. The molecule has 0 radical (unpaired) electrons. The summed E-state index contributed by atoms with van der Waals surface area (Å²) in [5.74, 6) is 0.00954. The largest absolute Gasteiger partial charge is 0.490 e. The topological polar surface area (TPSA) is 121 Å². The van der Waals surface area contributed by atoms with E-state index in [4.69, 9.17) is 16.2 Å². The fourth-order valence-corrected chi connectivity index (χ4v) is 2.45. The lowest BCUT2D eigenvalue weighted by Crippen LogP contribution is -2.50. The van der Waals surface area contributed by atoms with Crippen LogP contribution in [0.3, 0.4) is 0 Å². The van der Waals surface area contributed by atoms with Crippen molar-refractivity contribution in [2.24, 2.45) is 11.5 Å². The zero-order valence-electron chi connectivity index (χ0n) is 11.2. The van der Waals surface area contributed by atoms with Crippen LogP contribution in [0, 0.1) is 17.0 Å². The van der Waals surface area contributed by atoms with Gasteiger partial charge in [-0.1, -0.05) is 0 Å². The van der Waals surface area contributed by atoms with E-state index < -0.39 is 16.4 Å². The van der Waals surface area contributed by atoms with Gasteiger partial charge in [0.2, 0.25) is 5.91 Å². The van der Waals surface area contributed by atoms with Crippen molar-refractivity contribution in [3.8, 4) is 5.75 Å². The summed E-state index contributed by atoms with van der Waals surface area (Å²) in [5, 5.41) is 10.7. The van der Waals surface area contributed by atoms with Gasteiger partial charge >= 0.3 is 0 Å². The van der Waals surface area contributed by atoms with E-state index >= 15 is 0 Å². The third-order valence-corrected chi connectivity index (χ3v) is 3.66. The van der Waals surface area contributed by atoms with E-state index in [0.29, 0.717) is 30.6 Å². The first-order chi connectivity index (χ1) is 9.32. The van der Waals surface area contributed by atoms with Crippen molar-refractivity contribution in [3.63, 3.8) is 0 Å². The number of rotatable bonds is 4. The number of primary amides is 1. The van der Waals surface area contributed by atoms with Gasteiger partial charge < -0.3 is 16.2 Å². The van der Waals surface area contributed by atoms with Crippen LogP contribution < -0.4 is 16.2 Å². The minimum Gasteiger partial charge on any atom is -0.490 e. The highest BCUT2D eigenvalue weighted by Gasteiger charge is 2.41. The highest BCUT2D eigenvalue weighted by Crippen LogP contribution is 2.32. The summed E-state index contributed by atoms with van der Waals surface area (Å²) >= 11 is 0. The fraction of sp³-hybridized carbons (Fsp3) is 0.462. The molecule has 0 spiro atoms. The molecule has 4 N–H and O–H groups in total. The molecule has 2 atom stereocenters. The molecule has 0 saturated heterocycles. The van der Waals surface area contributed by atoms with Crippen LogP contribution in [-0.4, -0.2) is 22.5 Å². The molecule has 0 heterocycles. The molecule has 2 unspecified atom stereocenters. The Bertz CT molecular complexity index is 561. The van der Waals surface area contributed by atoms with E-state index in [9.17, 15) is 14.9 Å². The number of nitrogens with two attached hydrogens (primary N) is 2. The van der Waals surface area contributed by atoms with Crippen LogP contribution in [0.25, 0.3) is 0 Å². The Balaban J connectivity index is 2.07. The van der Waals surface area contributed by atoms with Crippen LogP contribution in [0.1, 0.15) is 24.8 Å². The van der Waals surface area contributed by atoms with Gasteiger partial charge in [-0.3, -0.25) is 14.9 Å². The lowest BCUT2D eigenvalue weighted by atomic mass is 9.99. The van der Waals surface area contributed by atoms with Gasteiger partial charge in [0.15, 0.2) is 0 Å². The minimum absolute atomic E-state index is 0.0501. The maximum atomic E-state index is 11.3. The molecular weight excluding hydrogens is 262 g/mol. The number of hydrogen-bond donors (Lipinski definition) is 2. The van der Waals surface area contributed by atoms with E-state index in [1.165, 1.54) is 6.07 Å². The molecule has 1 fully saturated rings. The lowest BCUT2D eigenvalue weighted by molar-refractivity contribution is -0.385. The SMILES string of the molecule is Cc1cc(OC2CCC(N)(C(N)=O)C2)ccc1[N+](=O)[O-]. The Labute approximate surface area is 116 Å². The van der Waals surface area contributed by atoms with Crippen LogP contribution in [0.2, 0.25) is 0 Å². The first-order valence-electron chi connectivity index (χ1n) is 6.32. The highest BCUT2D eigenvalue weighted by molar-refractivity contribution is 5.84. The third-order valence-electron chi connectivity index (χ3n) is 3.66. The standard InChI is InChI=1S/C13H17N3O4/c1-8-6-9(2-3-11(8)16(18)19)20-10-4-5-13(15,7-10)12(14)17/h2-3,6,10H,4-5,7,15H2,1H3,(H2,14,17). The fourth-order valence-electron chi connectivity index (χ4n) is 2.45. The molecule has 1 aliphatic rings. The second-order valence-corrected chi connectivity index (χ2v) is 5.21. The molecule has 0 bridgehead atoms. The Kier molecular flexibility index (Phi) is 3.63. The first-order valence-corrected chi connectivity index (χ1v) is 6.32. The predicted octanol–water partition coefficient (Wildman–Crippen LogP) is 1.02. The lowest BCUT2D eigenvalue weighted by Gasteiger charge is -2.20. The summed E-state index contributed by atoms with van der Waals surface area (Å²) in [6.45, 7) is 1.65. The van der Waals surface area contributed by atoms with Crippen molar-refractivity contribution >= 4 is 11.6 Å². The summed E-state index contributed by atoms with van der Waals surface area (Å²) < 4.78 is 5.73. The number of aryl methyl sites for hydroxylation is 1. The van der Waals surface area contributed by atoms with Gasteiger partial charge in [-0.05, 0) is 31.9 Å². The molecule has 2 rings (SSSR count). The van der Waals surface area contributed by atoms with Crippen molar-refractivity contribution in [2.45, 2.75) is 37.8 Å². The first kappa shape index (κ1) is 14.3. The van der Waals surface area contributed by atoms with Crippen LogP contribution in [-0.2, 0) is 4.79 Å². The predicted molar refractivity (Wildman–Crippen MR) is 72.2 cm³/mol. The summed E-state index contributed by atoms with van der Waals surface area (Å²) in [7, 11) is 0. The molecule has 1 amide bonds. The van der Waals surface area contributed by atoms with Gasteiger partial charge in [-0.15, -0.1) is 0 Å². The number of benzene rings is 1. The Hall–Kier alpha value is -2.15. The maximum absolute atomic E-state index is 11.3. The van der Waals surface area contributed by atoms with Crippen LogP contribution >= 0.6 is 0 Å². The van der Waals surface area contributed by atoms with Gasteiger partial charge in [0.25, 0.3) is 5.69 Å². The molecule has 1 aromatic rings. The van der Waals surface area contributed by atoms with Gasteiger partial charge in [-0.25, -0.2) is 0 Å². The Morgan fingerprint density at radius 2 is 2.25 bits per heavy atom. The summed E-state index contributed by atoms with van der Waals surface area (Å²) in [5.41, 5.74) is 10.7. The van der Waals surface area contributed by atoms with E-state index in [-0.39, 0.29) is 11.8 Å². The number of ether oxygens (including phenoxy) is 1. The number of amides is 1. The Morgan fingerprint density at radius 1 is 1.55 bits per heavy atom. The van der Waals surface area contributed by atoms with Crippen molar-refractivity contribution in [3.05, 3.63) is 33.9 Å². The number of nitro benzene ring substituents is 1. The molecule has 1 saturated carbocycles. The third kappa shape index (κ3) is 2.72. The normalized spacial score (nSPS) is 25.4. The molecule has 7 heteroatoms. The molecule has 7 nitrogen and oxygen atoms in total. The van der Waals surface area contributed by atoms with Crippen molar-refractivity contribution < 1.29 is 14.5 Å². The monoisotopic (exact) mass is 279 g/mol. The average Bonchev–Trinajstić information content (AvgIpc) is 2.72. The molecule has 1 aliphatic carbocycles. The zero-order valence-corrected chi connectivity index (χ0v) is 11.2. The number of carbonyl (C=O) groups is 1. The van der Waals surface area contributed by atoms with Crippen molar-refractivity contribution in [1.82, 2.24) is 0 Å². The summed E-state index contributed by atoms with van der Waals surface area (Å²) in [6, 6.07) is 4.56. The molecule has 1 aromatic carbocycles. The number of carbonyl (C=O) groups excluding carboxylic acids is 1. The minimum atomic E-state index is -1.01.